The monoisotopic (exact) mass is 461 g/mol. The van der Waals surface area contributed by atoms with Crippen LogP contribution in [0.3, 0.4) is 0 Å². The number of amides is 1. The van der Waals surface area contributed by atoms with Crippen LogP contribution in [-0.2, 0) is 9.59 Å². The van der Waals surface area contributed by atoms with Gasteiger partial charge in [-0.3, -0.25) is 14.5 Å². The van der Waals surface area contributed by atoms with Gasteiger partial charge in [0.1, 0.15) is 29.1 Å². The van der Waals surface area contributed by atoms with Crippen LogP contribution < -0.4 is 14.4 Å². The van der Waals surface area contributed by atoms with Gasteiger partial charge in [-0.05, 0) is 67.1 Å². The molecule has 1 aromatic heterocycles. The number of carbonyl (C=O) groups is 2. The Hall–Kier alpha value is -4.00. The second kappa shape index (κ2) is 10.3. The molecule has 7 heteroatoms. The van der Waals surface area contributed by atoms with Crippen molar-refractivity contribution in [1.29, 1.82) is 0 Å². The molecule has 0 aliphatic carbocycles. The molecule has 4 rings (SSSR count). The number of nitrogens with zero attached hydrogens (tertiary/aromatic N) is 1. The molecular formula is C27H27NO6. The van der Waals surface area contributed by atoms with Crippen molar-refractivity contribution < 1.29 is 28.6 Å². The fourth-order valence-corrected chi connectivity index (χ4v) is 3.96. The Balaban J connectivity index is 1.70. The van der Waals surface area contributed by atoms with Crippen LogP contribution in [-0.4, -0.2) is 30.5 Å². The van der Waals surface area contributed by atoms with Gasteiger partial charge in [0.15, 0.2) is 0 Å². The molecule has 1 atom stereocenters. The van der Waals surface area contributed by atoms with E-state index in [1.165, 1.54) is 11.2 Å². The zero-order valence-corrected chi connectivity index (χ0v) is 19.2. The van der Waals surface area contributed by atoms with Crippen molar-refractivity contribution in [2.45, 2.75) is 32.2 Å². The molecule has 0 radical (unpaired) electrons. The molecule has 1 unspecified atom stereocenters. The van der Waals surface area contributed by atoms with Crippen molar-refractivity contribution >= 4 is 23.1 Å². The summed E-state index contributed by atoms with van der Waals surface area (Å²) in [4.78, 5) is 27.5. The van der Waals surface area contributed by atoms with Gasteiger partial charge < -0.3 is 19.0 Å². The Morgan fingerprint density at radius 2 is 1.71 bits per heavy atom. The summed E-state index contributed by atoms with van der Waals surface area (Å²) in [5, 5.41) is 11.1. The quantitative estimate of drug-likeness (QED) is 0.196. The molecule has 1 fully saturated rings. The molecule has 34 heavy (non-hydrogen) atoms. The number of aliphatic hydroxyl groups excluding tert-OH is 1. The lowest BCUT2D eigenvalue weighted by molar-refractivity contribution is -0.132. The number of rotatable bonds is 9. The van der Waals surface area contributed by atoms with E-state index in [2.05, 4.69) is 6.92 Å². The van der Waals surface area contributed by atoms with Gasteiger partial charge in [0.2, 0.25) is 0 Å². The molecular weight excluding hydrogens is 434 g/mol. The molecule has 1 amide bonds. The van der Waals surface area contributed by atoms with Crippen LogP contribution in [0.25, 0.3) is 5.76 Å². The fourth-order valence-electron chi connectivity index (χ4n) is 3.96. The first-order chi connectivity index (χ1) is 16.5. The maximum atomic E-state index is 13.1. The highest BCUT2D eigenvalue weighted by Crippen LogP contribution is 2.42. The Labute approximate surface area is 198 Å². The van der Waals surface area contributed by atoms with Crippen molar-refractivity contribution in [3.8, 4) is 11.5 Å². The Bertz CT molecular complexity index is 1160. The third-order valence-electron chi connectivity index (χ3n) is 5.75. The van der Waals surface area contributed by atoms with Crippen molar-refractivity contribution in [3.05, 3.63) is 83.8 Å². The molecule has 1 aliphatic rings. The summed E-state index contributed by atoms with van der Waals surface area (Å²) in [6, 6.07) is 16.0. The highest BCUT2D eigenvalue weighted by Gasteiger charge is 2.48. The summed E-state index contributed by atoms with van der Waals surface area (Å²) < 4.78 is 16.5. The normalized spacial score (nSPS) is 17.2. The van der Waals surface area contributed by atoms with Gasteiger partial charge in [-0.25, -0.2) is 0 Å². The first kappa shape index (κ1) is 23.2. The lowest BCUT2D eigenvalue weighted by Crippen LogP contribution is -2.29. The summed E-state index contributed by atoms with van der Waals surface area (Å²) in [5.74, 6) is -0.139. The van der Waals surface area contributed by atoms with Gasteiger partial charge >= 0.3 is 0 Å². The second-order valence-corrected chi connectivity index (χ2v) is 7.96. The maximum absolute atomic E-state index is 13.1. The number of furan rings is 1. The van der Waals surface area contributed by atoms with Crippen LogP contribution >= 0.6 is 0 Å². The summed E-state index contributed by atoms with van der Waals surface area (Å²) in [5.41, 5.74) is 0.858. The summed E-state index contributed by atoms with van der Waals surface area (Å²) in [6.07, 6.45) is 4.64. The molecule has 2 heterocycles. The average Bonchev–Trinajstić information content (AvgIpc) is 3.49. The van der Waals surface area contributed by atoms with Crippen LogP contribution in [0.2, 0.25) is 0 Å². The van der Waals surface area contributed by atoms with E-state index in [9.17, 15) is 14.7 Å². The van der Waals surface area contributed by atoms with Crippen LogP contribution in [0.4, 0.5) is 5.69 Å². The number of carbonyl (C=O) groups excluding carboxylic acids is 2. The molecule has 176 valence electrons. The van der Waals surface area contributed by atoms with Crippen molar-refractivity contribution in [2.24, 2.45) is 0 Å². The average molecular weight is 462 g/mol. The number of anilines is 1. The van der Waals surface area contributed by atoms with Gasteiger partial charge in [0.25, 0.3) is 11.7 Å². The molecule has 0 spiro atoms. The first-order valence-electron chi connectivity index (χ1n) is 11.3. The van der Waals surface area contributed by atoms with Crippen molar-refractivity contribution in [3.63, 3.8) is 0 Å². The molecule has 2 aromatic carbocycles. The Kier molecular flexibility index (Phi) is 7.01. The number of ether oxygens (including phenoxy) is 2. The minimum Gasteiger partial charge on any atom is -0.507 e. The highest BCUT2D eigenvalue weighted by molar-refractivity contribution is 6.51. The Morgan fingerprint density at radius 1 is 1.00 bits per heavy atom. The predicted octanol–water partition coefficient (Wildman–Crippen LogP) is 5.48. The molecule has 1 saturated heterocycles. The molecule has 7 nitrogen and oxygen atoms in total. The standard InChI is InChI=1S/C27H27NO6/c1-3-4-5-16-33-21-12-8-18(9-13-21)25(29)23-24(22-7-6-17-34-22)28(27(31)26(23)30)19-10-14-20(32-2)15-11-19/h6-15,17,24,29H,3-5,16H2,1-2H3/b25-23-. The number of Topliss-reactive ketones (excluding diaryl/α,β-unsaturated/α-hetero) is 1. The fraction of sp³-hybridized carbons (Fsp3) is 0.259. The summed E-state index contributed by atoms with van der Waals surface area (Å²) in [7, 11) is 1.55. The maximum Gasteiger partial charge on any atom is 0.300 e. The molecule has 1 aliphatic heterocycles. The number of hydrogen-bond acceptors (Lipinski definition) is 6. The van der Waals surface area contributed by atoms with Crippen LogP contribution in [0.5, 0.6) is 11.5 Å². The third kappa shape index (κ3) is 4.55. The number of methoxy groups -OCH3 is 1. The zero-order chi connectivity index (χ0) is 24.1. The molecule has 0 saturated carbocycles. The largest absolute Gasteiger partial charge is 0.507 e. The van der Waals surface area contributed by atoms with E-state index in [1.54, 1.807) is 67.8 Å². The van der Waals surface area contributed by atoms with Crippen LogP contribution in [0.1, 0.15) is 43.6 Å². The minimum absolute atomic E-state index is 0.0348. The lowest BCUT2D eigenvalue weighted by atomic mass is 9.99. The Morgan fingerprint density at radius 3 is 2.32 bits per heavy atom. The van der Waals surface area contributed by atoms with E-state index >= 15 is 0 Å². The number of unbranched alkanes of at least 4 members (excludes halogenated alkanes) is 2. The second-order valence-electron chi connectivity index (χ2n) is 7.96. The van der Waals surface area contributed by atoms with Gasteiger partial charge in [-0.2, -0.15) is 0 Å². The molecule has 0 bridgehead atoms. The van der Waals surface area contributed by atoms with Crippen molar-refractivity contribution in [1.82, 2.24) is 0 Å². The van der Waals surface area contributed by atoms with Gasteiger partial charge in [-0.15, -0.1) is 0 Å². The number of ketones is 1. The first-order valence-corrected chi connectivity index (χ1v) is 11.3. The predicted molar refractivity (Wildman–Crippen MR) is 128 cm³/mol. The molecule has 3 aromatic rings. The number of benzene rings is 2. The van der Waals surface area contributed by atoms with Crippen LogP contribution in [0.15, 0.2) is 76.9 Å². The van der Waals surface area contributed by atoms with E-state index in [-0.39, 0.29) is 11.3 Å². The van der Waals surface area contributed by atoms with Crippen molar-refractivity contribution in [2.75, 3.05) is 18.6 Å². The van der Waals surface area contributed by atoms with Gasteiger partial charge in [-0.1, -0.05) is 19.8 Å². The third-order valence-corrected chi connectivity index (χ3v) is 5.75. The minimum atomic E-state index is -0.909. The lowest BCUT2D eigenvalue weighted by Gasteiger charge is -2.23. The van der Waals surface area contributed by atoms with Gasteiger partial charge in [0, 0.05) is 11.3 Å². The molecule has 1 N–H and O–H groups in total. The van der Waals surface area contributed by atoms with Gasteiger partial charge in [0.05, 0.1) is 25.6 Å². The van der Waals surface area contributed by atoms with E-state index in [4.69, 9.17) is 13.9 Å². The summed E-state index contributed by atoms with van der Waals surface area (Å²) >= 11 is 0. The summed E-state index contributed by atoms with van der Waals surface area (Å²) in [6.45, 7) is 2.75. The van der Waals surface area contributed by atoms with E-state index in [1.807, 2.05) is 0 Å². The number of hydrogen-bond donors (Lipinski definition) is 1. The topological polar surface area (TPSA) is 89.2 Å². The van der Waals surface area contributed by atoms with E-state index in [0.717, 1.165) is 19.3 Å². The smallest absolute Gasteiger partial charge is 0.300 e. The highest BCUT2D eigenvalue weighted by atomic mass is 16.5. The van der Waals surface area contributed by atoms with E-state index in [0.29, 0.717) is 35.1 Å². The number of aliphatic hydroxyl groups is 1. The zero-order valence-electron chi connectivity index (χ0n) is 19.2. The van der Waals surface area contributed by atoms with Crippen LogP contribution in [0, 0.1) is 0 Å². The van der Waals surface area contributed by atoms with E-state index < -0.39 is 17.7 Å². The SMILES string of the molecule is CCCCCOc1ccc(/C(O)=C2/C(=O)C(=O)N(c3ccc(OC)cc3)C2c2ccco2)cc1.